The van der Waals surface area contributed by atoms with E-state index in [4.69, 9.17) is 0 Å². The molecule has 0 radical (unpaired) electrons. The topological polar surface area (TPSA) is 42.0 Å². The number of nitrogens with zero attached hydrogens (tertiary/aromatic N) is 1. The molecule has 0 aliphatic rings. The molecule has 0 fully saturated rings. The predicted molar refractivity (Wildman–Crippen MR) is 86.5 cm³/mol. The molecule has 1 heterocycles. The van der Waals surface area contributed by atoms with Gasteiger partial charge in [-0.25, -0.2) is 0 Å². The van der Waals surface area contributed by atoms with Gasteiger partial charge in [-0.2, -0.15) is 0 Å². The van der Waals surface area contributed by atoms with Gasteiger partial charge in [-0.3, -0.25) is 9.78 Å². The summed E-state index contributed by atoms with van der Waals surface area (Å²) in [7, 11) is 0. The molecule has 1 amide bonds. The fraction of sp³-hybridized carbons (Fsp3) is 0.333. The monoisotopic (exact) mass is 282 g/mol. The van der Waals surface area contributed by atoms with Gasteiger partial charge in [-0.1, -0.05) is 38.1 Å². The molecule has 2 rings (SSSR count). The normalized spacial score (nSPS) is 10.7. The van der Waals surface area contributed by atoms with E-state index in [1.807, 2.05) is 37.3 Å². The lowest BCUT2D eigenvalue weighted by Gasteiger charge is -2.16. The van der Waals surface area contributed by atoms with E-state index < -0.39 is 0 Å². The second-order valence-electron chi connectivity index (χ2n) is 5.56. The summed E-state index contributed by atoms with van der Waals surface area (Å²) < 4.78 is 0. The first-order valence-corrected chi connectivity index (χ1v) is 7.37. The minimum absolute atomic E-state index is 0.0388. The van der Waals surface area contributed by atoms with Crippen molar-refractivity contribution in [1.29, 1.82) is 0 Å². The maximum Gasteiger partial charge on any atom is 0.224 e. The smallest absolute Gasteiger partial charge is 0.224 e. The third-order valence-electron chi connectivity index (χ3n) is 3.53. The predicted octanol–water partition coefficient (Wildman–Crippen LogP) is 4.08. The van der Waals surface area contributed by atoms with Crippen LogP contribution in [0.4, 0.5) is 5.69 Å². The summed E-state index contributed by atoms with van der Waals surface area (Å²) in [4.78, 5) is 16.4. The van der Waals surface area contributed by atoms with Crippen LogP contribution in [0.1, 0.15) is 43.0 Å². The Labute approximate surface area is 126 Å². The molecule has 21 heavy (non-hydrogen) atoms. The Bertz CT molecular complexity index is 606. The van der Waals surface area contributed by atoms with Crippen molar-refractivity contribution in [2.24, 2.45) is 0 Å². The molecule has 0 aliphatic heterocycles. The number of carbonyl (C=O) groups excluding carboxylic acids is 1. The lowest BCUT2D eigenvalue weighted by molar-refractivity contribution is -0.116. The van der Waals surface area contributed by atoms with Gasteiger partial charge in [0, 0.05) is 24.0 Å². The first-order valence-electron chi connectivity index (χ1n) is 7.37. The van der Waals surface area contributed by atoms with E-state index in [-0.39, 0.29) is 5.91 Å². The van der Waals surface area contributed by atoms with Crippen LogP contribution in [-0.4, -0.2) is 10.9 Å². The minimum atomic E-state index is 0.0388. The largest absolute Gasteiger partial charge is 0.326 e. The third-order valence-corrected chi connectivity index (χ3v) is 3.53. The van der Waals surface area contributed by atoms with Crippen molar-refractivity contribution < 1.29 is 4.79 Å². The van der Waals surface area contributed by atoms with Crippen LogP contribution < -0.4 is 5.32 Å². The zero-order chi connectivity index (χ0) is 15.2. The average molecular weight is 282 g/mol. The van der Waals surface area contributed by atoms with Crippen LogP contribution in [0.2, 0.25) is 0 Å². The van der Waals surface area contributed by atoms with Gasteiger partial charge in [-0.15, -0.1) is 0 Å². The van der Waals surface area contributed by atoms with Gasteiger partial charge < -0.3 is 5.32 Å². The van der Waals surface area contributed by atoms with E-state index in [9.17, 15) is 4.79 Å². The molecule has 0 unspecified atom stereocenters. The van der Waals surface area contributed by atoms with Gasteiger partial charge >= 0.3 is 0 Å². The summed E-state index contributed by atoms with van der Waals surface area (Å²) in [6, 6.07) is 11.9. The average Bonchev–Trinajstić information content (AvgIpc) is 2.48. The first-order chi connectivity index (χ1) is 10.1. The van der Waals surface area contributed by atoms with Crippen LogP contribution in [0.5, 0.6) is 0 Å². The lowest BCUT2D eigenvalue weighted by Crippen LogP contribution is -2.15. The highest BCUT2D eigenvalue weighted by Crippen LogP contribution is 2.27. The van der Waals surface area contributed by atoms with Crippen LogP contribution in [-0.2, 0) is 11.2 Å². The van der Waals surface area contributed by atoms with Crippen molar-refractivity contribution in [3.05, 3.63) is 59.4 Å². The molecular weight excluding hydrogens is 260 g/mol. The number of para-hydroxylation sites is 1. The number of rotatable bonds is 5. The molecule has 0 aliphatic carbocycles. The van der Waals surface area contributed by atoms with E-state index in [0.717, 1.165) is 16.9 Å². The highest BCUT2D eigenvalue weighted by atomic mass is 16.1. The number of amides is 1. The first kappa shape index (κ1) is 15.2. The summed E-state index contributed by atoms with van der Waals surface area (Å²) in [5, 5.41) is 3.06. The Balaban J connectivity index is 2.03. The van der Waals surface area contributed by atoms with Gasteiger partial charge in [0.15, 0.2) is 0 Å². The SMILES string of the molecule is Cc1cccc(C(C)C)c1NC(=O)CCc1ccccn1. The molecule has 0 atom stereocenters. The summed E-state index contributed by atoms with van der Waals surface area (Å²) >= 11 is 0. The van der Waals surface area contributed by atoms with Crippen molar-refractivity contribution in [2.75, 3.05) is 5.32 Å². The van der Waals surface area contributed by atoms with Crippen LogP contribution in [0.25, 0.3) is 0 Å². The van der Waals surface area contributed by atoms with Crippen LogP contribution in [0, 0.1) is 6.92 Å². The molecule has 2 aromatic rings. The molecule has 1 aromatic heterocycles. The zero-order valence-corrected chi connectivity index (χ0v) is 12.9. The molecule has 0 saturated heterocycles. The number of benzene rings is 1. The highest BCUT2D eigenvalue weighted by molar-refractivity contribution is 5.92. The second kappa shape index (κ2) is 7.02. The van der Waals surface area contributed by atoms with Crippen molar-refractivity contribution in [2.45, 2.75) is 39.5 Å². The number of aromatic nitrogens is 1. The van der Waals surface area contributed by atoms with Gasteiger partial charge in [-0.05, 0) is 42.5 Å². The lowest BCUT2D eigenvalue weighted by atomic mass is 9.98. The van der Waals surface area contributed by atoms with Crippen molar-refractivity contribution >= 4 is 11.6 Å². The number of anilines is 1. The molecule has 110 valence electrons. The summed E-state index contributed by atoms with van der Waals surface area (Å²) in [6.07, 6.45) is 2.86. The van der Waals surface area contributed by atoms with Crippen LogP contribution >= 0.6 is 0 Å². The Kier molecular flexibility index (Phi) is 5.09. The van der Waals surface area contributed by atoms with E-state index in [1.165, 1.54) is 5.56 Å². The Hall–Kier alpha value is -2.16. The van der Waals surface area contributed by atoms with E-state index >= 15 is 0 Å². The van der Waals surface area contributed by atoms with E-state index in [0.29, 0.717) is 18.8 Å². The van der Waals surface area contributed by atoms with Crippen molar-refractivity contribution in [3.63, 3.8) is 0 Å². The number of aryl methyl sites for hydroxylation is 2. The zero-order valence-electron chi connectivity index (χ0n) is 12.9. The van der Waals surface area contributed by atoms with E-state index in [2.05, 4.69) is 30.2 Å². The Morgan fingerprint density at radius 3 is 2.67 bits per heavy atom. The molecule has 0 bridgehead atoms. The molecule has 3 heteroatoms. The van der Waals surface area contributed by atoms with Gasteiger partial charge in [0.1, 0.15) is 0 Å². The summed E-state index contributed by atoms with van der Waals surface area (Å²) in [5.74, 6) is 0.424. The molecular formula is C18H22N2O. The van der Waals surface area contributed by atoms with Crippen LogP contribution in [0.3, 0.4) is 0 Å². The van der Waals surface area contributed by atoms with Crippen LogP contribution in [0.15, 0.2) is 42.6 Å². The highest BCUT2D eigenvalue weighted by Gasteiger charge is 2.12. The molecule has 0 saturated carbocycles. The molecule has 1 N–H and O–H groups in total. The number of pyridine rings is 1. The molecule has 0 spiro atoms. The number of carbonyl (C=O) groups is 1. The number of hydrogen-bond acceptors (Lipinski definition) is 2. The Morgan fingerprint density at radius 1 is 1.19 bits per heavy atom. The maximum absolute atomic E-state index is 12.2. The van der Waals surface area contributed by atoms with Gasteiger partial charge in [0.2, 0.25) is 5.91 Å². The minimum Gasteiger partial charge on any atom is -0.326 e. The maximum atomic E-state index is 12.2. The standard InChI is InChI=1S/C18H22N2O/c1-13(2)16-9-6-7-14(3)18(16)20-17(21)11-10-15-8-4-5-12-19-15/h4-9,12-13H,10-11H2,1-3H3,(H,20,21). The van der Waals surface area contributed by atoms with Gasteiger partial charge in [0.25, 0.3) is 0 Å². The fourth-order valence-electron chi connectivity index (χ4n) is 2.33. The summed E-state index contributed by atoms with van der Waals surface area (Å²) in [5.41, 5.74) is 4.19. The summed E-state index contributed by atoms with van der Waals surface area (Å²) in [6.45, 7) is 6.30. The molecule has 3 nitrogen and oxygen atoms in total. The van der Waals surface area contributed by atoms with E-state index in [1.54, 1.807) is 6.20 Å². The Morgan fingerprint density at radius 2 is 2.00 bits per heavy atom. The van der Waals surface area contributed by atoms with Crippen molar-refractivity contribution in [3.8, 4) is 0 Å². The quantitative estimate of drug-likeness (QED) is 0.897. The number of nitrogens with one attached hydrogen (secondary N) is 1. The fourth-order valence-corrected chi connectivity index (χ4v) is 2.33. The molecule has 1 aromatic carbocycles. The van der Waals surface area contributed by atoms with Gasteiger partial charge in [0.05, 0.1) is 0 Å². The second-order valence-corrected chi connectivity index (χ2v) is 5.56. The third kappa shape index (κ3) is 4.15. The van der Waals surface area contributed by atoms with Crippen molar-refractivity contribution in [1.82, 2.24) is 4.98 Å². The number of hydrogen-bond donors (Lipinski definition) is 1.